The zero-order valence-electron chi connectivity index (χ0n) is 28.9. The summed E-state index contributed by atoms with van der Waals surface area (Å²) in [6.07, 6.45) is 0. The monoisotopic (exact) mass is 667 g/mol. The molecule has 8 aromatic carbocycles. The van der Waals surface area contributed by atoms with Crippen molar-refractivity contribution < 1.29 is 8.83 Å². The number of fused-ring (bicyclic) bond motifs is 10. The number of benzene rings is 8. The first-order valence-electron chi connectivity index (χ1n) is 17.9. The van der Waals surface area contributed by atoms with E-state index in [0.717, 1.165) is 71.9 Å². The van der Waals surface area contributed by atoms with Crippen molar-refractivity contribution in [1.82, 2.24) is 0 Å². The summed E-state index contributed by atoms with van der Waals surface area (Å²) >= 11 is 0. The number of rotatable bonds is 4. The molecule has 3 nitrogen and oxygen atoms in total. The van der Waals surface area contributed by atoms with Gasteiger partial charge in [-0.15, -0.1) is 0 Å². The fraction of sp³-hybridized carbons (Fsp3) is 0.0612. The summed E-state index contributed by atoms with van der Waals surface area (Å²) in [5.41, 5.74) is 14.4. The van der Waals surface area contributed by atoms with Crippen LogP contribution in [0.4, 0.5) is 17.1 Å². The highest BCUT2D eigenvalue weighted by atomic mass is 16.3. The van der Waals surface area contributed by atoms with Gasteiger partial charge in [-0.05, 0) is 111 Å². The Labute approximate surface area is 301 Å². The van der Waals surface area contributed by atoms with Crippen molar-refractivity contribution in [2.24, 2.45) is 0 Å². The molecular weight excluding hydrogens is 635 g/mol. The molecule has 1 aliphatic rings. The lowest BCUT2D eigenvalue weighted by Crippen LogP contribution is -2.15. The summed E-state index contributed by atoms with van der Waals surface area (Å²) in [6, 6.07) is 58.9. The summed E-state index contributed by atoms with van der Waals surface area (Å²) in [7, 11) is 0. The molecule has 2 aromatic heterocycles. The van der Waals surface area contributed by atoms with E-state index in [1.54, 1.807) is 0 Å². The van der Waals surface area contributed by atoms with E-state index < -0.39 is 0 Å². The molecule has 2 heterocycles. The molecule has 11 rings (SSSR count). The molecule has 3 heteroatoms. The molecule has 0 saturated carbocycles. The highest BCUT2D eigenvalue weighted by molar-refractivity contribution is 6.10. The zero-order chi connectivity index (χ0) is 34.6. The fourth-order valence-electron chi connectivity index (χ4n) is 8.60. The SMILES string of the molecule is CC1(C)c2ccccc2-c2cc(N(c3ccc(-c4ccc5cc6c(cc5c4)oc4ccccc46)cc3)c3ccc4c(c3)oc3ccccc34)ccc21. The minimum absolute atomic E-state index is 0.0554. The molecule has 246 valence electrons. The van der Waals surface area contributed by atoms with Crippen molar-refractivity contribution in [2.45, 2.75) is 19.3 Å². The molecule has 0 bridgehead atoms. The zero-order valence-corrected chi connectivity index (χ0v) is 28.9. The molecule has 0 spiro atoms. The molecule has 0 fully saturated rings. The van der Waals surface area contributed by atoms with Gasteiger partial charge in [0.2, 0.25) is 0 Å². The Morgan fingerprint density at radius 2 is 0.981 bits per heavy atom. The van der Waals surface area contributed by atoms with Gasteiger partial charge < -0.3 is 13.7 Å². The summed E-state index contributed by atoms with van der Waals surface area (Å²) in [6.45, 7) is 4.66. The predicted molar refractivity (Wildman–Crippen MR) is 216 cm³/mol. The average Bonchev–Trinajstić information content (AvgIpc) is 3.81. The predicted octanol–water partition coefficient (Wildman–Crippen LogP) is 14.1. The van der Waals surface area contributed by atoms with E-state index in [2.05, 4.69) is 158 Å². The number of anilines is 3. The van der Waals surface area contributed by atoms with Crippen molar-refractivity contribution in [3.05, 3.63) is 175 Å². The van der Waals surface area contributed by atoms with Gasteiger partial charge in [0.15, 0.2) is 0 Å². The topological polar surface area (TPSA) is 29.5 Å². The molecule has 0 radical (unpaired) electrons. The normalized spacial score (nSPS) is 13.3. The van der Waals surface area contributed by atoms with Crippen molar-refractivity contribution >= 4 is 71.7 Å². The largest absolute Gasteiger partial charge is 0.456 e. The molecule has 0 aliphatic heterocycles. The van der Waals surface area contributed by atoms with Gasteiger partial charge in [-0.25, -0.2) is 0 Å². The Hall–Kier alpha value is -6.58. The molecule has 10 aromatic rings. The second-order valence-corrected chi connectivity index (χ2v) is 14.6. The lowest BCUT2D eigenvalue weighted by atomic mass is 9.82. The van der Waals surface area contributed by atoms with Gasteiger partial charge in [0, 0.05) is 50.1 Å². The Morgan fingerprint density at radius 3 is 1.79 bits per heavy atom. The van der Waals surface area contributed by atoms with Crippen LogP contribution in [0.3, 0.4) is 0 Å². The van der Waals surface area contributed by atoms with Crippen LogP contribution in [0.25, 0.3) is 76.9 Å². The average molecular weight is 668 g/mol. The Morgan fingerprint density at radius 1 is 0.385 bits per heavy atom. The van der Waals surface area contributed by atoms with Crippen LogP contribution in [-0.4, -0.2) is 0 Å². The fourth-order valence-corrected chi connectivity index (χ4v) is 8.60. The van der Waals surface area contributed by atoms with E-state index in [0.29, 0.717) is 0 Å². The van der Waals surface area contributed by atoms with Crippen molar-refractivity contribution in [3.8, 4) is 22.3 Å². The first-order valence-corrected chi connectivity index (χ1v) is 17.9. The molecule has 0 amide bonds. The lowest BCUT2D eigenvalue weighted by Gasteiger charge is -2.27. The summed E-state index contributed by atoms with van der Waals surface area (Å²) in [5, 5.41) is 6.92. The lowest BCUT2D eigenvalue weighted by molar-refractivity contribution is 0.660. The van der Waals surface area contributed by atoms with Crippen LogP contribution in [0.15, 0.2) is 173 Å². The van der Waals surface area contributed by atoms with Crippen molar-refractivity contribution in [1.29, 1.82) is 0 Å². The van der Waals surface area contributed by atoms with E-state index in [-0.39, 0.29) is 5.41 Å². The molecule has 1 aliphatic carbocycles. The van der Waals surface area contributed by atoms with Crippen molar-refractivity contribution in [2.75, 3.05) is 4.90 Å². The molecule has 0 N–H and O–H groups in total. The number of nitrogens with zero attached hydrogens (tertiary/aromatic N) is 1. The number of furan rings is 2. The van der Waals surface area contributed by atoms with Crippen LogP contribution in [0.2, 0.25) is 0 Å². The molecule has 0 unspecified atom stereocenters. The Balaban J connectivity index is 1.03. The van der Waals surface area contributed by atoms with Crippen LogP contribution in [0.5, 0.6) is 0 Å². The molecule has 0 atom stereocenters. The van der Waals surface area contributed by atoms with Crippen molar-refractivity contribution in [3.63, 3.8) is 0 Å². The van der Waals surface area contributed by atoms with Gasteiger partial charge in [0.25, 0.3) is 0 Å². The third-order valence-electron chi connectivity index (χ3n) is 11.2. The first-order chi connectivity index (χ1) is 25.5. The third-order valence-corrected chi connectivity index (χ3v) is 11.2. The van der Waals surface area contributed by atoms with Gasteiger partial charge in [0.05, 0.1) is 0 Å². The van der Waals surface area contributed by atoms with Crippen LogP contribution < -0.4 is 4.90 Å². The van der Waals surface area contributed by atoms with Gasteiger partial charge in [-0.3, -0.25) is 0 Å². The standard InChI is InChI=1S/C49H33NO2/c1-49(2)43-12-6-3-9-37(43)41-28-35(22-24-44(41)49)50(36-21-23-40-38-10-4-7-13-45(38)52-48(40)29-36)34-19-17-30(18-20-34)31-15-16-32-26-42-39-11-5-8-14-46(39)51-47(42)27-33(32)25-31/h3-29H,1-2H3. The molecule has 52 heavy (non-hydrogen) atoms. The van der Waals surface area contributed by atoms with Gasteiger partial charge >= 0.3 is 0 Å². The summed E-state index contributed by atoms with van der Waals surface area (Å²) in [5.74, 6) is 0. The number of hydrogen-bond donors (Lipinski definition) is 0. The maximum atomic E-state index is 6.39. The van der Waals surface area contributed by atoms with E-state index in [4.69, 9.17) is 8.83 Å². The number of hydrogen-bond acceptors (Lipinski definition) is 3. The maximum absolute atomic E-state index is 6.39. The van der Waals surface area contributed by atoms with Gasteiger partial charge in [-0.2, -0.15) is 0 Å². The minimum atomic E-state index is -0.0554. The first kappa shape index (κ1) is 29.2. The second-order valence-electron chi connectivity index (χ2n) is 14.6. The van der Waals surface area contributed by atoms with E-state index >= 15 is 0 Å². The van der Waals surface area contributed by atoms with E-state index in [1.165, 1.54) is 33.2 Å². The summed E-state index contributed by atoms with van der Waals surface area (Å²) in [4.78, 5) is 2.35. The quantitative estimate of drug-likeness (QED) is 0.187. The van der Waals surface area contributed by atoms with Gasteiger partial charge in [-0.1, -0.05) is 105 Å². The summed E-state index contributed by atoms with van der Waals surface area (Å²) < 4.78 is 12.6. The van der Waals surface area contributed by atoms with Crippen LogP contribution in [0.1, 0.15) is 25.0 Å². The highest BCUT2D eigenvalue weighted by Gasteiger charge is 2.35. The van der Waals surface area contributed by atoms with Gasteiger partial charge in [0.1, 0.15) is 22.3 Å². The smallest absolute Gasteiger partial charge is 0.137 e. The van der Waals surface area contributed by atoms with Crippen LogP contribution in [0, 0.1) is 0 Å². The maximum Gasteiger partial charge on any atom is 0.137 e. The number of para-hydroxylation sites is 2. The van der Waals surface area contributed by atoms with E-state index in [9.17, 15) is 0 Å². The molecule has 0 saturated heterocycles. The van der Waals surface area contributed by atoms with E-state index in [1.807, 2.05) is 24.3 Å². The van der Waals surface area contributed by atoms with Crippen LogP contribution in [-0.2, 0) is 5.41 Å². The van der Waals surface area contributed by atoms with Crippen LogP contribution >= 0.6 is 0 Å². The second kappa shape index (κ2) is 10.7. The highest BCUT2D eigenvalue weighted by Crippen LogP contribution is 2.51. The Bertz CT molecular complexity index is 3050. The minimum Gasteiger partial charge on any atom is -0.456 e. The Kier molecular flexibility index (Phi) is 6.01. The third kappa shape index (κ3) is 4.26. The molecular formula is C49H33NO2.